The topological polar surface area (TPSA) is 24.5 Å². The minimum Gasteiger partial charge on any atom is -0.379 e. The summed E-state index contributed by atoms with van der Waals surface area (Å²) in [5, 5.41) is 3.62. The van der Waals surface area contributed by atoms with Gasteiger partial charge in [-0.25, -0.2) is 0 Å². The van der Waals surface area contributed by atoms with Gasteiger partial charge in [-0.15, -0.1) is 0 Å². The van der Waals surface area contributed by atoms with Crippen molar-refractivity contribution >= 4 is 0 Å². The molecule has 0 aromatic rings. The summed E-state index contributed by atoms with van der Waals surface area (Å²) < 4.78 is 5.54. The van der Waals surface area contributed by atoms with E-state index in [1.165, 1.54) is 6.42 Å². The number of piperazine rings is 1. The molecule has 0 aliphatic carbocycles. The highest BCUT2D eigenvalue weighted by Gasteiger charge is 2.30. The van der Waals surface area contributed by atoms with Gasteiger partial charge in [-0.2, -0.15) is 0 Å². The van der Waals surface area contributed by atoms with Gasteiger partial charge >= 0.3 is 0 Å². The fourth-order valence-corrected chi connectivity index (χ4v) is 2.61. The zero-order valence-corrected chi connectivity index (χ0v) is 13.1. The molecule has 0 radical (unpaired) electrons. The number of methoxy groups -OCH3 is 1. The molecule has 0 bridgehead atoms. The Balaban J connectivity index is 2.56. The minimum atomic E-state index is -0.00584. The molecule has 0 amide bonds. The molecule has 1 aliphatic rings. The largest absolute Gasteiger partial charge is 0.379 e. The molecular formula is C15H32N2O. The van der Waals surface area contributed by atoms with E-state index < -0.39 is 0 Å². The molecule has 1 saturated heterocycles. The van der Waals surface area contributed by atoms with Crippen LogP contribution in [0.25, 0.3) is 0 Å². The van der Waals surface area contributed by atoms with Gasteiger partial charge in [-0.05, 0) is 33.1 Å². The zero-order valence-electron chi connectivity index (χ0n) is 13.1. The lowest BCUT2D eigenvalue weighted by Crippen LogP contribution is -2.58. The Hall–Kier alpha value is -0.120. The van der Waals surface area contributed by atoms with Crippen LogP contribution in [0, 0.1) is 5.92 Å². The van der Waals surface area contributed by atoms with Crippen LogP contribution in [0.5, 0.6) is 0 Å². The third-order valence-electron chi connectivity index (χ3n) is 4.51. The van der Waals surface area contributed by atoms with Crippen molar-refractivity contribution in [2.45, 2.75) is 65.1 Å². The van der Waals surface area contributed by atoms with Gasteiger partial charge in [0.25, 0.3) is 0 Å². The van der Waals surface area contributed by atoms with Crippen molar-refractivity contribution in [1.29, 1.82) is 0 Å². The highest BCUT2D eigenvalue weighted by atomic mass is 16.5. The maximum atomic E-state index is 5.54. The molecule has 3 atom stereocenters. The molecule has 0 aromatic carbocycles. The number of ether oxygens (including phenoxy) is 1. The van der Waals surface area contributed by atoms with Gasteiger partial charge in [0.15, 0.2) is 0 Å². The summed E-state index contributed by atoms with van der Waals surface area (Å²) in [6.07, 6.45) is 2.36. The van der Waals surface area contributed by atoms with Crippen molar-refractivity contribution in [2.75, 3.05) is 26.7 Å². The number of nitrogens with one attached hydrogen (secondary N) is 1. The molecule has 1 N–H and O–H groups in total. The summed E-state index contributed by atoms with van der Waals surface area (Å²) in [5.74, 6) is 0.760. The molecule has 0 aromatic heterocycles. The zero-order chi connectivity index (χ0) is 13.8. The first-order valence-electron chi connectivity index (χ1n) is 7.42. The van der Waals surface area contributed by atoms with Crippen LogP contribution in [-0.4, -0.2) is 49.3 Å². The van der Waals surface area contributed by atoms with E-state index in [1.807, 2.05) is 7.11 Å². The van der Waals surface area contributed by atoms with Gasteiger partial charge in [0.05, 0.1) is 5.60 Å². The molecule has 1 heterocycles. The number of nitrogens with zero attached hydrogens (tertiary/aromatic N) is 1. The van der Waals surface area contributed by atoms with Crippen molar-refractivity contribution in [2.24, 2.45) is 5.92 Å². The van der Waals surface area contributed by atoms with E-state index in [0.717, 1.165) is 32.0 Å². The lowest BCUT2D eigenvalue weighted by Gasteiger charge is -2.43. The smallest absolute Gasteiger partial charge is 0.0634 e. The molecule has 3 nitrogen and oxygen atoms in total. The van der Waals surface area contributed by atoms with Crippen LogP contribution >= 0.6 is 0 Å². The third kappa shape index (κ3) is 4.52. The quantitative estimate of drug-likeness (QED) is 0.790. The summed E-state index contributed by atoms with van der Waals surface area (Å²) in [4.78, 5) is 2.66. The first-order chi connectivity index (χ1) is 8.39. The molecule has 1 aliphatic heterocycles. The lowest BCUT2D eigenvalue weighted by molar-refractivity contribution is -0.00404. The van der Waals surface area contributed by atoms with Crippen LogP contribution in [0.3, 0.4) is 0 Å². The van der Waals surface area contributed by atoms with Crippen molar-refractivity contribution in [3.8, 4) is 0 Å². The van der Waals surface area contributed by atoms with Crippen LogP contribution < -0.4 is 5.32 Å². The fraction of sp³-hybridized carbons (Fsp3) is 1.00. The Morgan fingerprint density at radius 2 is 2.11 bits per heavy atom. The van der Waals surface area contributed by atoms with E-state index in [2.05, 4.69) is 44.8 Å². The third-order valence-corrected chi connectivity index (χ3v) is 4.51. The summed E-state index contributed by atoms with van der Waals surface area (Å²) in [6, 6.07) is 1.29. The molecule has 108 valence electrons. The molecule has 18 heavy (non-hydrogen) atoms. The van der Waals surface area contributed by atoms with E-state index >= 15 is 0 Å². The second-order valence-electron chi connectivity index (χ2n) is 6.47. The Labute approximate surface area is 113 Å². The summed E-state index contributed by atoms with van der Waals surface area (Å²) in [5.41, 5.74) is -0.00584. The van der Waals surface area contributed by atoms with Crippen LogP contribution in [0.2, 0.25) is 0 Å². The second-order valence-corrected chi connectivity index (χ2v) is 6.47. The Bertz CT molecular complexity index is 243. The molecule has 0 saturated carbocycles. The first-order valence-corrected chi connectivity index (χ1v) is 7.42. The minimum absolute atomic E-state index is 0.00584. The van der Waals surface area contributed by atoms with Gasteiger partial charge in [0.2, 0.25) is 0 Å². The average molecular weight is 256 g/mol. The van der Waals surface area contributed by atoms with Crippen LogP contribution in [-0.2, 0) is 4.74 Å². The molecule has 3 unspecified atom stereocenters. The SMILES string of the molecule is CCC(C)C1CNC(C)CN1CCC(C)(C)OC. The van der Waals surface area contributed by atoms with Gasteiger partial charge < -0.3 is 10.1 Å². The van der Waals surface area contributed by atoms with Crippen molar-refractivity contribution in [3.63, 3.8) is 0 Å². The predicted octanol–water partition coefficient (Wildman–Crippen LogP) is 2.51. The number of hydrogen-bond acceptors (Lipinski definition) is 3. The summed E-state index contributed by atoms with van der Waals surface area (Å²) >= 11 is 0. The molecule has 1 rings (SSSR count). The van der Waals surface area contributed by atoms with Gasteiger partial charge in [0, 0.05) is 38.8 Å². The maximum Gasteiger partial charge on any atom is 0.0634 e. The molecule has 1 fully saturated rings. The van der Waals surface area contributed by atoms with Crippen molar-refractivity contribution in [1.82, 2.24) is 10.2 Å². The monoisotopic (exact) mass is 256 g/mol. The molecule has 3 heteroatoms. The van der Waals surface area contributed by atoms with E-state index in [4.69, 9.17) is 4.74 Å². The summed E-state index contributed by atoms with van der Waals surface area (Å²) in [6.45, 7) is 14.7. The first kappa shape index (κ1) is 15.9. The van der Waals surface area contributed by atoms with Gasteiger partial charge in [-0.3, -0.25) is 4.90 Å². The standard InChI is InChI=1S/C15H32N2O/c1-7-12(2)14-10-16-13(3)11-17(14)9-8-15(4,5)18-6/h12-14,16H,7-11H2,1-6H3. The number of hydrogen-bond donors (Lipinski definition) is 1. The fourth-order valence-electron chi connectivity index (χ4n) is 2.61. The highest BCUT2D eigenvalue weighted by Crippen LogP contribution is 2.21. The maximum absolute atomic E-state index is 5.54. The van der Waals surface area contributed by atoms with E-state index in [-0.39, 0.29) is 5.60 Å². The van der Waals surface area contributed by atoms with Crippen LogP contribution in [0.1, 0.15) is 47.5 Å². The molecular weight excluding hydrogens is 224 g/mol. The van der Waals surface area contributed by atoms with Crippen LogP contribution in [0.15, 0.2) is 0 Å². The Kier molecular flexibility index (Phi) is 6.09. The van der Waals surface area contributed by atoms with Gasteiger partial charge in [0.1, 0.15) is 0 Å². The van der Waals surface area contributed by atoms with E-state index in [0.29, 0.717) is 12.1 Å². The van der Waals surface area contributed by atoms with E-state index in [1.54, 1.807) is 0 Å². The number of rotatable bonds is 6. The summed E-state index contributed by atoms with van der Waals surface area (Å²) in [7, 11) is 1.81. The van der Waals surface area contributed by atoms with Crippen molar-refractivity contribution < 1.29 is 4.74 Å². The lowest BCUT2D eigenvalue weighted by atomic mass is 9.93. The van der Waals surface area contributed by atoms with Crippen LogP contribution in [0.4, 0.5) is 0 Å². The van der Waals surface area contributed by atoms with E-state index in [9.17, 15) is 0 Å². The Morgan fingerprint density at radius 3 is 2.67 bits per heavy atom. The normalized spacial score (nSPS) is 28.3. The second kappa shape index (κ2) is 6.88. The molecule has 0 spiro atoms. The van der Waals surface area contributed by atoms with Crippen molar-refractivity contribution in [3.05, 3.63) is 0 Å². The predicted molar refractivity (Wildman–Crippen MR) is 78.0 cm³/mol. The van der Waals surface area contributed by atoms with Gasteiger partial charge in [-0.1, -0.05) is 20.3 Å². The average Bonchev–Trinajstić information content (AvgIpc) is 2.36. The highest BCUT2D eigenvalue weighted by molar-refractivity contribution is 4.87. The Morgan fingerprint density at radius 1 is 1.44 bits per heavy atom.